The fourth-order valence-corrected chi connectivity index (χ4v) is 0.869. The molecule has 0 amide bonds. The first-order valence-corrected chi connectivity index (χ1v) is 4.08. The maximum atomic E-state index is 8.79. The predicted molar refractivity (Wildman–Crippen MR) is 49.3 cm³/mol. The molecule has 4 heteroatoms. The van der Waals surface area contributed by atoms with E-state index in [0.717, 1.165) is 13.0 Å². The Morgan fingerprint density at radius 2 is 2.33 bits per heavy atom. The van der Waals surface area contributed by atoms with E-state index in [4.69, 9.17) is 9.84 Å². The maximum Gasteiger partial charge on any atom is 0.0819 e. The zero-order valence-electron chi connectivity index (χ0n) is 8.03. The van der Waals surface area contributed by atoms with Crippen LogP contribution in [0, 0.1) is 0 Å². The Bertz CT molecular complexity index is 124. The van der Waals surface area contributed by atoms with Crippen molar-refractivity contribution in [3.8, 4) is 0 Å². The number of methoxy groups -OCH3 is 1. The van der Waals surface area contributed by atoms with Gasteiger partial charge >= 0.3 is 0 Å². The molecule has 0 heterocycles. The molecule has 0 bridgehead atoms. The van der Waals surface area contributed by atoms with Crippen molar-refractivity contribution in [1.29, 1.82) is 0 Å². The molecule has 0 rings (SSSR count). The van der Waals surface area contributed by atoms with Crippen LogP contribution < -0.4 is 0 Å². The smallest absolute Gasteiger partial charge is 0.0819 e. The van der Waals surface area contributed by atoms with E-state index in [9.17, 15) is 0 Å². The maximum absolute atomic E-state index is 8.79. The first-order chi connectivity index (χ1) is 5.74. The Morgan fingerprint density at radius 1 is 1.67 bits per heavy atom. The number of ether oxygens (including phenoxy) is 1. The van der Waals surface area contributed by atoms with E-state index in [1.165, 1.54) is 0 Å². The van der Waals surface area contributed by atoms with Gasteiger partial charge in [0.1, 0.15) is 0 Å². The standard InChI is InChI=1S/C8H18N2O2/c1-4-9-10(2)6-5-8(7-11)12-3/h4,8,11H,5-7H2,1-3H3/b9-4-/t8-/m0/s1. The SMILES string of the molecule is C/C=N\N(C)CC[C@@H](CO)OC. The second-order valence-electron chi connectivity index (χ2n) is 2.58. The largest absolute Gasteiger partial charge is 0.394 e. The highest BCUT2D eigenvalue weighted by Crippen LogP contribution is 1.97. The zero-order valence-corrected chi connectivity index (χ0v) is 8.03. The molecule has 0 aliphatic rings. The van der Waals surface area contributed by atoms with Crippen LogP contribution in [-0.4, -0.2) is 49.7 Å². The Morgan fingerprint density at radius 3 is 2.75 bits per heavy atom. The third-order valence-electron chi connectivity index (χ3n) is 1.62. The molecule has 0 aromatic heterocycles. The highest BCUT2D eigenvalue weighted by Gasteiger charge is 2.05. The summed E-state index contributed by atoms with van der Waals surface area (Å²) < 4.78 is 5.00. The van der Waals surface area contributed by atoms with Crippen molar-refractivity contribution in [3.63, 3.8) is 0 Å². The number of nitrogens with zero attached hydrogens (tertiary/aromatic N) is 2. The van der Waals surface area contributed by atoms with Gasteiger partial charge in [0.05, 0.1) is 12.7 Å². The molecule has 0 aromatic carbocycles. The second-order valence-corrected chi connectivity index (χ2v) is 2.58. The third-order valence-corrected chi connectivity index (χ3v) is 1.62. The van der Waals surface area contributed by atoms with Gasteiger partial charge in [-0.3, -0.25) is 0 Å². The summed E-state index contributed by atoms with van der Waals surface area (Å²) in [5, 5.41) is 14.6. The molecule has 0 saturated carbocycles. The van der Waals surface area contributed by atoms with E-state index >= 15 is 0 Å². The molecular weight excluding hydrogens is 156 g/mol. The minimum Gasteiger partial charge on any atom is -0.394 e. The Kier molecular flexibility index (Phi) is 6.70. The summed E-state index contributed by atoms with van der Waals surface area (Å²) in [7, 11) is 3.49. The van der Waals surface area contributed by atoms with Crippen molar-refractivity contribution < 1.29 is 9.84 Å². The lowest BCUT2D eigenvalue weighted by atomic mass is 10.2. The first kappa shape index (κ1) is 11.4. The Hall–Kier alpha value is -0.610. The number of hydrogen-bond donors (Lipinski definition) is 1. The molecule has 4 nitrogen and oxygen atoms in total. The fraction of sp³-hybridized carbons (Fsp3) is 0.875. The van der Waals surface area contributed by atoms with Crippen LogP contribution in [-0.2, 0) is 4.74 Å². The summed E-state index contributed by atoms with van der Waals surface area (Å²) in [4.78, 5) is 0. The summed E-state index contributed by atoms with van der Waals surface area (Å²) >= 11 is 0. The number of aliphatic hydroxyl groups excluding tert-OH is 1. The van der Waals surface area contributed by atoms with E-state index in [2.05, 4.69) is 5.10 Å². The number of aliphatic hydroxyl groups is 1. The molecule has 0 aliphatic heterocycles. The van der Waals surface area contributed by atoms with Gasteiger partial charge in [0.25, 0.3) is 0 Å². The van der Waals surface area contributed by atoms with E-state index in [1.807, 2.05) is 19.0 Å². The molecule has 0 radical (unpaired) electrons. The van der Waals surface area contributed by atoms with Crippen LogP contribution in [0.15, 0.2) is 5.10 Å². The van der Waals surface area contributed by atoms with Crippen LogP contribution in [0.5, 0.6) is 0 Å². The third kappa shape index (κ3) is 5.09. The highest BCUT2D eigenvalue weighted by molar-refractivity contribution is 5.52. The monoisotopic (exact) mass is 174 g/mol. The van der Waals surface area contributed by atoms with Gasteiger partial charge in [-0.05, 0) is 13.3 Å². The molecule has 1 atom stereocenters. The van der Waals surface area contributed by atoms with Gasteiger partial charge in [0.15, 0.2) is 0 Å². The van der Waals surface area contributed by atoms with Crippen LogP contribution in [0.3, 0.4) is 0 Å². The van der Waals surface area contributed by atoms with Gasteiger partial charge in [-0.15, -0.1) is 0 Å². The zero-order chi connectivity index (χ0) is 9.40. The van der Waals surface area contributed by atoms with Crippen molar-refractivity contribution in [3.05, 3.63) is 0 Å². The summed E-state index contributed by atoms with van der Waals surface area (Å²) in [6.45, 7) is 2.74. The predicted octanol–water partition coefficient (Wildman–Crippen LogP) is 0.321. The molecule has 12 heavy (non-hydrogen) atoms. The van der Waals surface area contributed by atoms with Crippen LogP contribution in [0.4, 0.5) is 0 Å². The minimum absolute atomic E-state index is 0.0696. The second kappa shape index (κ2) is 7.06. The normalized spacial score (nSPS) is 13.7. The van der Waals surface area contributed by atoms with Crippen molar-refractivity contribution >= 4 is 6.21 Å². The van der Waals surface area contributed by atoms with Crippen molar-refractivity contribution in [2.75, 3.05) is 27.3 Å². The quantitative estimate of drug-likeness (QED) is 0.466. The van der Waals surface area contributed by atoms with Crippen molar-refractivity contribution in [2.45, 2.75) is 19.4 Å². The molecule has 0 unspecified atom stereocenters. The minimum atomic E-state index is -0.0699. The van der Waals surface area contributed by atoms with Crippen LogP contribution in [0.2, 0.25) is 0 Å². The van der Waals surface area contributed by atoms with Gasteiger partial charge in [-0.25, -0.2) is 0 Å². The average molecular weight is 174 g/mol. The highest BCUT2D eigenvalue weighted by atomic mass is 16.5. The number of hydrazone groups is 1. The van der Waals surface area contributed by atoms with E-state index in [-0.39, 0.29) is 12.7 Å². The molecule has 0 aliphatic carbocycles. The summed E-state index contributed by atoms with van der Waals surface area (Å²) in [6, 6.07) is 0. The Labute approximate surface area is 73.8 Å². The lowest BCUT2D eigenvalue weighted by Gasteiger charge is -2.16. The van der Waals surface area contributed by atoms with Gasteiger partial charge in [-0.1, -0.05) is 0 Å². The topological polar surface area (TPSA) is 45.1 Å². The molecule has 72 valence electrons. The van der Waals surface area contributed by atoms with Crippen LogP contribution >= 0.6 is 0 Å². The van der Waals surface area contributed by atoms with Crippen molar-refractivity contribution in [1.82, 2.24) is 5.01 Å². The lowest BCUT2D eigenvalue weighted by Crippen LogP contribution is -2.23. The summed E-state index contributed by atoms with van der Waals surface area (Å²) in [5.41, 5.74) is 0. The molecular formula is C8H18N2O2. The first-order valence-electron chi connectivity index (χ1n) is 4.08. The van der Waals surface area contributed by atoms with Crippen LogP contribution in [0.25, 0.3) is 0 Å². The molecule has 1 N–H and O–H groups in total. The number of hydrogen-bond acceptors (Lipinski definition) is 4. The van der Waals surface area contributed by atoms with Gasteiger partial charge in [0.2, 0.25) is 0 Å². The van der Waals surface area contributed by atoms with Crippen molar-refractivity contribution in [2.24, 2.45) is 5.10 Å². The number of rotatable bonds is 6. The molecule has 0 fully saturated rings. The fourth-order valence-electron chi connectivity index (χ4n) is 0.869. The van der Waals surface area contributed by atoms with Crippen LogP contribution in [0.1, 0.15) is 13.3 Å². The Balaban J connectivity index is 3.51. The van der Waals surface area contributed by atoms with E-state index in [0.29, 0.717) is 0 Å². The average Bonchev–Trinajstić information content (AvgIpc) is 2.07. The lowest BCUT2D eigenvalue weighted by molar-refractivity contribution is 0.0376. The van der Waals surface area contributed by atoms with E-state index in [1.54, 1.807) is 13.3 Å². The summed E-state index contributed by atoms with van der Waals surface area (Å²) in [6.07, 6.45) is 2.46. The van der Waals surface area contributed by atoms with Gasteiger partial charge in [0, 0.05) is 26.9 Å². The van der Waals surface area contributed by atoms with Gasteiger partial charge in [-0.2, -0.15) is 5.10 Å². The van der Waals surface area contributed by atoms with Gasteiger partial charge < -0.3 is 14.9 Å². The molecule has 0 aromatic rings. The van der Waals surface area contributed by atoms with E-state index < -0.39 is 0 Å². The molecule has 0 spiro atoms. The summed E-state index contributed by atoms with van der Waals surface area (Å²) in [5.74, 6) is 0. The molecule has 0 saturated heterocycles.